The summed E-state index contributed by atoms with van der Waals surface area (Å²) in [6.07, 6.45) is 1.25. The predicted octanol–water partition coefficient (Wildman–Crippen LogP) is 3.82. The predicted molar refractivity (Wildman–Crippen MR) is 96.3 cm³/mol. The average molecular weight is 360 g/mol. The molecule has 25 heavy (non-hydrogen) atoms. The number of ether oxygens (including phenoxy) is 3. The SMILES string of the molecule is COC(=O)NC(C)C#Cc1cnc(Oc2ccc(OC(C)C)cc2)s1. The summed E-state index contributed by atoms with van der Waals surface area (Å²) in [7, 11) is 1.31. The molecular formula is C18H20N2O4S. The summed E-state index contributed by atoms with van der Waals surface area (Å²) in [6.45, 7) is 5.72. The first-order valence-corrected chi connectivity index (χ1v) is 8.54. The third-order valence-corrected chi connectivity index (χ3v) is 3.61. The molecule has 1 amide bonds. The molecule has 7 heteroatoms. The van der Waals surface area contributed by atoms with Crippen LogP contribution in [-0.2, 0) is 4.74 Å². The Morgan fingerprint density at radius 3 is 2.52 bits per heavy atom. The van der Waals surface area contributed by atoms with Crippen molar-refractivity contribution in [3.63, 3.8) is 0 Å². The topological polar surface area (TPSA) is 69.7 Å². The maximum absolute atomic E-state index is 11.1. The van der Waals surface area contributed by atoms with E-state index in [1.54, 1.807) is 13.1 Å². The van der Waals surface area contributed by atoms with Crippen LogP contribution in [-0.4, -0.2) is 30.3 Å². The van der Waals surface area contributed by atoms with E-state index in [2.05, 4.69) is 26.9 Å². The van der Waals surface area contributed by atoms with Crippen LogP contribution in [0, 0.1) is 11.8 Å². The van der Waals surface area contributed by atoms with Gasteiger partial charge in [0.05, 0.1) is 25.5 Å². The fraction of sp³-hybridized carbons (Fsp3) is 0.333. The van der Waals surface area contributed by atoms with Gasteiger partial charge in [-0.1, -0.05) is 23.2 Å². The monoisotopic (exact) mass is 360 g/mol. The standard InChI is InChI=1S/C18H20N2O4S/c1-12(2)23-14-6-8-15(9-7-14)24-18-19-11-16(25-18)10-5-13(3)20-17(21)22-4/h6-9,11-13H,1-4H3,(H,20,21). The van der Waals surface area contributed by atoms with Gasteiger partial charge < -0.3 is 19.5 Å². The van der Waals surface area contributed by atoms with E-state index in [1.807, 2.05) is 38.1 Å². The molecule has 2 rings (SSSR count). The Labute approximate surface area is 151 Å². The lowest BCUT2D eigenvalue weighted by atomic mass is 10.3. The van der Waals surface area contributed by atoms with Gasteiger partial charge in [0, 0.05) is 0 Å². The zero-order chi connectivity index (χ0) is 18.2. The van der Waals surface area contributed by atoms with Crippen LogP contribution in [0.2, 0.25) is 0 Å². The van der Waals surface area contributed by atoms with Gasteiger partial charge in [0.1, 0.15) is 16.4 Å². The van der Waals surface area contributed by atoms with Crippen molar-refractivity contribution < 1.29 is 19.0 Å². The number of carbonyl (C=O) groups is 1. The lowest BCUT2D eigenvalue weighted by molar-refractivity contribution is 0.169. The number of thiazole rings is 1. The molecule has 0 spiro atoms. The highest BCUT2D eigenvalue weighted by Gasteiger charge is 2.05. The number of carbonyl (C=O) groups excluding carboxylic acids is 1. The van der Waals surface area contributed by atoms with Crippen LogP contribution < -0.4 is 14.8 Å². The zero-order valence-corrected chi connectivity index (χ0v) is 15.3. The second-order valence-corrected chi connectivity index (χ2v) is 6.35. The minimum atomic E-state index is -0.514. The van der Waals surface area contributed by atoms with E-state index >= 15 is 0 Å². The molecule has 1 atom stereocenters. The van der Waals surface area contributed by atoms with Gasteiger partial charge >= 0.3 is 6.09 Å². The Morgan fingerprint density at radius 1 is 1.20 bits per heavy atom. The molecule has 2 aromatic rings. The number of nitrogens with zero attached hydrogens (tertiary/aromatic N) is 1. The van der Waals surface area contributed by atoms with Crippen LogP contribution in [0.3, 0.4) is 0 Å². The van der Waals surface area contributed by atoms with Crippen LogP contribution in [0.1, 0.15) is 25.6 Å². The number of rotatable bonds is 5. The number of nitrogens with one attached hydrogen (secondary N) is 1. The van der Waals surface area contributed by atoms with Crippen molar-refractivity contribution in [2.75, 3.05) is 7.11 Å². The smallest absolute Gasteiger partial charge is 0.407 e. The molecule has 0 aliphatic rings. The number of aromatic nitrogens is 1. The number of alkyl carbamates (subject to hydrolysis) is 1. The minimum absolute atomic E-state index is 0.128. The third-order valence-electron chi connectivity index (χ3n) is 2.82. The third kappa shape index (κ3) is 6.36. The Hall–Kier alpha value is -2.72. The number of methoxy groups -OCH3 is 1. The van der Waals surface area contributed by atoms with Crippen molar-refractivity contribution in [3.05, 3.63) is 35.3 Å². The van der Waals surface area contributed by atoms with Gasteiger partial charge in [0.2, 0.25) is 0 Å². The second kappa shape index (κ2) is 8.94. The second-order valence-electron chi connectivity index (χ2n) is 5.36. The summed E-state index contributed by atoms with van der Waals surface area (Å²) in [5.74, 6) is 7.31. The van der Waals surface area contributed by atoms with Crippen LogP contribution in [0.4, 0.5) is 4.79 Å². The van der Waals surface area contributed by atoms with Crippen molar-refractivity contribution in [2.45, 2.75) is 32.9 Å². The highest BCUT2D eigenvalue weighted by atomic mass is 32.1. The maximum atomic E-state index is 11.1. The molecule has 132 valence electrons. The van der Waals surface area contributed by atoms with E-state index in [0.29, 0.717) is 10.9 Å². The van der Waals surface area contributed by atoms with E-state index in [4.69, 9.17) is 9.47 Å². The van der Waals surface area contributed by atoms with Crippen LogP contribution in [0.15, 0.2) is 30.5 Å². The molecule has 1 N–H and O–H groups in total. The van der Waals surface area contributed by atoms with Gasteiger partial charge in [0.15, 0.2) is 0 Å². The molecule has 0 saturated carbocycles. The number of hydrogen-bond donors (Lipinski definition) is 1. The highest BCUT2D eigenvalue weighted by molar-refractivity contribution is 7.13. The Morgan fingerprint density at radius 2 is 1.88 bits per heavy atom. The normalized spacial score (nSPS) is 11.2. The maximum Gasteiger partial charge on any atom is 0.407 e. The molecule has 0 aliphatic heterocycles. The quantitative estimate of drug-likeness (QED) is 0.821. The van der Waals surface area contributed by atoms with Crippen molar-refractivity contribution in [3.8, 4) is 28.5 Å². The van der Waals surface area contributed by atoms with Gasteiger partial charge in [-0.05, 0) is 45.0 Å². The largest absolute Gasteiger partial charge is 0.491 e. The van der Waals surface area contributed by atoms with Crippen molar-refractivity contribution in [1.82, 2.24) is 10.3 Å². The average Bonchev–Trinajstić information content (AvgIpc) is 3.01. The van der Waals surface area contributed by atoms with Crippen LogP contribution in [0.5, 0.6) is 16.7 Å². The molecule has 0 radical (unpaired) electrons. The summed E-state index contributed by atoms with van der Waals surface area (Å²) >= 11 is 1.33. The summed E-state index contributed by atoms with van der Waals surface area (Å²) < 4.78 is 15.8. The van der Waals surface area contributed by atoms with Crippen molar-refractivity contribution in [2.24, 2.45) is 0 Å². The molecule has 1 aromatic heterocycles. The molecule has 6 nitrogen and oxygen atoms in total. The summed E-state index contributed by atoms with van der Waals surface area (Å²) in [5.41, 5.74) is 0. The first-order valence-electron chi connectivity index (χ1n) is 7.72. The Balaban J connectivity index is 1.94. The van der Waals surface area contributed by atoms with Crippen LogP contribution >= 0.6 is 11.3 Å². The fourth-order valence-corrected chi connectivity index (χ4v) is 2.42. The zero-order valence-electron chi connectivity index (χ0n) is 14.5. The minimum Gasteiger partial charge on any atom is -0.491 e. The molecule has 1 unspecified atom stereocenters. The Kier molecular flexibility index (Phi) is 6.66. The Bertz CT molecular complexity index is 759. The summed E-state index contributed by atoms with van der Waals surface area (Å²) in [5, 5.41) is 3.07. The van der Waals surface area contributed by atoms with E-state index < -0.39 is 6.09 Å². The van der Waals surface area contributed by atoms with E-state index in [-0.39, 0.29) is 12.1 Å². The summed E-state index contributed by atoms with van der Waals surface area (Å²) in [4.78, 5) is 16.0. The molecule has 0 saturated heterocycles. The van der Waals surface area contributed by atoms with Gasteiger partial charge in [-0.3, -0.25) is 0 Å². The molecule has 0 bridgehead atoms. The molecule has 1 aromatic carbocycles. The van der Waals surface area contributed by atoms with Gasteiger partial charge in [-0.25, -0.2) is 9.78 Å². The van der Waals surface area contributed by atoms with Gasteiger partial charge in [0.25, 0.3) is 5.19 Å². The molecule has 1 heterocycles. The van der Waals surface area contributed by atoms with E-state index in [0.717, 1.165) is 10.6 Å². The van der Waals surface area contributed by atoms with E-state index in [9.17, 15) is 4.79 Å². The lowest BCUT2D eigenvalue weighted by Crippen LogP contribution is -2.31. The number of amides is 1. The van der Waals surface area contributed by atoms with E-state index in [1.165, 1.54) is 18.4 Å². The lowest BCUT2D eigenvalue weighted by Gasteiger charge is -2.09. The van der Waals surface area contributed by atoms with Crippen molar-refractivity contribution >= 4 is 17.4 Å². The summed E-state index contributed by atoms with van der Waals surface area (Å²) in [6, 6.07) is 7.03. The van der Waals surface area contributed by atoms with Gasteiger partial charge in [-0.15, -0.1) is 0 Å². The fourth-order valence-electron chi connectivity index (χ4n) is 1.77. The molecular weight excluding hydrogens is 340 g/mol. The highest BCUT2D eigenvalue weighted by Crippen LogP contribution is 2.27. The van der Waals surface area contributed by atoms with Crippen molar-refractivity contribution in [1.29, 1.82) is 0 Å². The number of hydrogen-bond acceptors (Lipinski definition) is 6. The first-order chi connectivity index (χ1) is 12.0. The van der Waals surface area contributed by atoms with Gasteiger partial charge in [-0.2, -0.15) is 0 Å². The molecule has 0 fully saturated rings. The number of benzene rings is 1. The first kappa shape index (κ1) is 18.6. The van der Waals surface area contributed by atoms with Crippen LogP contribution in [0.25, 0.3) is 0 Å². The molecule has 0 aliphatic carbocycles.